The zero-order valence-corrected chi connectivity index (χ0v) is 20.5. The first kappa shape index (κ1) is 23.7. The monoisotopic (exact) mass is 421 g/mol. The van der Waals surface area contributed by atoms with Crippen molar-refractivity contribution in [2.24, 2.45) is 0 Å². The van der Waals surface area contributed by atoms with Crippen molar-refractivity contribution < 1.29 is 0 Å². The number of hydrogen-bond acceptors (Lipinski definition) is 3. The fourth-order valence-corrected chi connectivity index (χ4v) is 4.77. The van der Waals surface area contributed by atoms with Crippen LogP contribution < -0.4 is 9.80 Å². The normalized spacial score (nSPS) is 15.3. The Bertz CT molecular complexity index is 782. The molecule has 0 bridgehead atoms. The van der Waals surface area contributed by atoms with E-state index in [-0.39, 0.29) is 0 Å². The summed E-state index contributed by atoms with van der Waals surface area (Å²) in [4.78, 5) is 7.45. The molecule has 170 valence electrons. The van der Waals surface area contributed by atoms with Crippen LogP contribution in [0.2, 0.25) is 0 Å². The van der Waals surface area contributed by atoms with Gasteiger partial charge in [0, 0.05) is 38.6 Å². The van der Waals surface area contributed by atoms with Crippen LogP contribution >= 0.6 is 0 Å². The van der Waals surface area contributed by atoms with Crippen LogP contribution in [0.3, 0.4) is 0 Å². The predicted molar refractivity (Wildman–Crippen MR) is 137 cm³/mol. The Kier molecular flexibility index (Phi) is 8.83. The summed E-state index contributed by atoms with van der Waals surface area (Å²) in [5.74, 6) is 0. The first-order valence-corrected chi connectivity index (χ1v) is 12.4. The minimum Gasteiger partial charge on any atom is -0.378 e. The maximum Gasteiger partial charge on any atom is 0.0604 e. The highest BCUT2D eigenvalue weighted by Crippen LogP contribution is 2.35. The van der Waals surface area contributed by atoms with Crippen LogP contribution in [0.1, 0.15) is 75.1 Å². The van der Waals surface area contributed by atoms with Gasteiger partial charge in [0.25, 0.3) is 0 Å². The maximum absolute atomic E-state index is 2.68. The fourth-order valence-electron chi connectivity index (χ4n) is 4.77. The van der Waals surface area contributed by atoms with Crippen LogP contribution in [0.25, 0.3) is 0 Å². The van der Waals surface area contributed by atoms with Crippen LogP contribution in [-0.4, -0.2) is 45.2 Å². The van der Waals surface area contributed by atoms with E-state index in [0.29, 0.717) is 6.04 Å². The predicted octanol–water partition coefficient (Wildman–Crippen LogP) is 6.65. The van der Waals surface area contributed by atoms with Crippen LogP contribution in [0, 0.1) is 6.92 Å². The standard InChI is InChI=1S/C28H43N3/c1-6-8-18-30(19-9-7-2)26-16-17-27(23(3)22-26)28(31-20-10-11-21-31)24-12-14-25(15-13-24)29(4)5/h12-17,22,28H,6-11,18-21H2,1-5H3. The van der Waals surface area contributed by atoms with Crippen molar-refractivity contribution in [3.05, 3.63) is 59.2 Å². The van der Waals surface area contributed by atoms with Crippen LogP contribution in [0.5, 0.6) is 0 Å². The molecule has 0 N–H and O–H groups in total. The van der Waals surface area contributed by atoms with E-state index in [1.807, 2.05) is 0 Å². The number of rotatable bonds is 11. The Morgan fingerprint density at radius 2 is 1.42 bits per heavy atom. The van der Waals surface area contributed by atoms with Gasteiger partial charge in [-0.05, 0) is 86.7 Å². The number of benzene rings is 2. The Balaban J connectivity index is 1.91. The molecule has 3 heteroatoms. The summed E-state index contributed by atoms with van der Waals surface area (Å²) in [6, 6.07) is 16.8. The van der Waals surface area contributed by atoms with Crippen LogP contribution in [0.4, 0.5) is 11.4 Å². The molecule has 1 atom stereocenters. The number of anilines is 2. The highest BCUT2D eigenvalue weighted by Gasteiger charge is 2.26. The average Bonchev–Trinajstić information content (AvgIpc) is 3.30. The van der Waals surface area contributed by atoms with Crippen molar-refractivity contribution in [3.63, 3.8) is 0 Å². The molecule has 2 aromatic carbocycles. The maximum atomic E-state index is 2.68. The summed E-state index contributed by atoms with van der Waals surface area (Å²) < 4.78 is 0. The highest BCUT2D eigenvalue weighted by atomic mass is 15.2. The largest absolute Gasteiger partial charge is 0.378 e. The molecule has 0 saturated carbocycles. The van der Waals surface area contributed by atoms with Crippen molar-refractivity contribution in [1.29, 1.82) is 0 Å². The van der Waals surface area contributed by atoms with Gasteiger partial charge >= 0.3 is 0 Å². The molecule has 1 unspecified atom stereocenters. The van der Waals surface area contributed by atoms with E-state index in [2.05, 4.69) is 92.0 Å². The van der Waals surface area contributed by atoms with Gasteiger partial charge in [-0.15, -0.1) is 0 Å². The lowest BCUT2D eigenvalue weighted by Crippen LogP contribution is -2.28. The molecular formula is C28H43N3. The number of likely N-dealkylation sites (tertiary alicyclic amines) is 1. The zero-order chi connectivity index (χ0) is 22.2. The summed E-state index contributed by atoms with van der Waals surface area (Å²) in [7, 11) is 4.22. The number of aryl methyl sites for hydroxylation is 1. The van der Waals surface area contributed by atoms with Crippen molar-refractivity contribution >= 4 is 11.4 Å². The minimum atomic E-state index is 0.354. The average molecular weight is 422 g/mol. The van der Waals surface area contributed by atoms with Crippen molar-refractivity contribution in [2.45, 2.75) is 65.3 Å². The Morgan fingerprint density at radius 3 is 1.94 bits per heavy atom. The van der Waals surface area contributed by atoms with Gasteiger partial charge in [-0.2, -0.15) is 0 Å². The highest BCUT2D eigenvalue weighted by molar-refractivity contribution is 5.54. The molecule has 1 aliphatic rings. The second kappa shape index (κ2) is 11.6. The summed E-state index contributed by atoms with van der Waals surface area (Å²) in [5, 5.41) is 0. The van der Waals surface area contributed by atoms with Crippen LogP contribution in [-0.2, 0) is 0 Å². The van der Waals surface area contributed by atoms with E-state index in [4.69, 9.17) is 0 Å². The van der Waals surface area contributed by atoms with E-state index in [9.17, 15) is 0 Å². The summed E-state index contributed by atoms with van der Waals surface area (Å²) in [6.45, 7) is 11.6. The molecule has 1 aliphatic heterocycles. The van der Waals surface area contributed by atoms with Gasteiger partial charge in [0.15, 0.2) is 0 Å². The van der Waals surface area contributed by atoms with Gasteiger partial charge in [0.1, 0.15) is 0 Å². The molecule has 2 aromatic rings. The molecule has 31 heavy (non-hydrogen) atoms. The first-order valence-electron chi connectivity index (χ1n) is 12.4. The van der Waals surface area contributed by atoms with E-state index >= 15 is 0 Å². The van der Waals surface area contributed by atoms with Gasteiger partial charge in [-0.25, -0.2) is 0 Å². The third-order valence-corrected chi connectivity index (χ3v) is 6.71. The molecule has 3 nitrogen and oxygen atoms in total. The summed E-state index contributed by atoms with van der Waals surface area (Å²) in [5.41, 5.74) is 6.96. The smallest absolute Gasteiger partial charge is 0.0604 e. The minimum absolute atomic E-state index is 0.354. The molecule has 0 spiro atoms. The molecule has 0 amide bonds. The van der Waals surface area contributed by atoms with Gasteiger partial charge in [0.05, 0.1) is 6.04 Å². The fraction of sp³-hybridized carbons (Fsp3) is 0.571. The number of nitrogens with zero attached hydrogens (tertiary/aromatic N) is 3. The number of hydrogen-bond donors (Lipinski definition) is 0. The molecule has 0 aromatic heterocycles. The van der Waals surface area contributed by atoms with Crippen molar-refractivity contribution in [1.82, 2.24) is 4.90 Å². The lowest BCUT2D eigenvalue weighted by Gasteiger charge is -2.31. The Morgan fingerprint density at radius 1 is 0.839 bits per heavy atom. The quantitative estimate of drug-likeness (QED) is 0.402. The van der Waals surface area contributed by atoms with Gasteiger partial charge in [-0.3, -0.25) is 4.90 Å². The lowest BCUT2D eigenvalue weighted by molar-refractivity contribution is 0.280. The zero-order valence-electron chi connectivity index (χ0n) is 20.5. The SMILES string of the molecule is CCCCN(CCCC)c1ccc(C(c2ccc(N(C)C)cc2)N2CCCC2)c(C)c1. The van der Waals surface area contributed by atoms with Gasteiger partial charge in [-0.1, -0.05) is 44.9 Å². The van der Waals surface area contributed by atoms with Crippen molar-refractivity contribution in [3.8, 4) is 0 Å². The van der Waals surface area contributed by atoms with E-state index in [1.165, 1.54) is 79.7 Å². The van der Waals surface area contributed by atoms with Crippen LogP contribution in [0.15, 0.2) is 42.5 Å². The Hall–Kier alpha value is -2.00. The summed E-state index contributed by atoms with van der Waals surface area (Å²) in [6.07, 6.45) is 7.65. The summed E-state index contributed by atoms with van der Waals surface area (Å²) >= 11 is 0. The Labute approximate surface area is 191 Å². The second-order valence-electron chi connectivity index (χ2n) is 9.37. The molecular weight excluding hydrogens is 378 g/mol. The molecule has 0 radical (unpaired) electrons. The number of unbranched alkanes of at least 4 members (excludes halogenated alkanes) is 2. The molecule has 1 heterocycles. The topological polar surface area (TPSA) is 9.72 Å². The van der Waals surface area contributed by atoms with E-state index in [0.717, 1.165) is 13.1 Å². The molecule has 1 fully saturated rings. The van der Waals surface area contributed by atoms with Gasteiger partial charge < -0.3 is 9.80 Å². The molecule has 1 saturated heterocycles. The lowest BCUT2D eigenvalue weighted by atomic mass is 9.93. The van der Waals surface area contributed by atoms with E-state index < -0.39 is 0 Å². The third-order valence-electron chi connectivity index (χ3n) is 6.71. The third kappa shape index (κ3) is 6.04. The first-order chi connectivity index (χ1) is 15.0. The molecule has 3 rings (SSSR count). The van der Waals surface area contributed by atoms with Gasteiger partial charge in [0.2, 0.25) is 0 Å². The van der Waals surface area contributed by atoms with E-state index in [1.54, 1.807) is 0 Å². The van der Waals surface area contributed by atoms with Crippen molar-refractivity contribution in [2.75, 3.05) is 50.1 Å². The second-order valence-corrected chi connectivity index (χ2v) is 9.37. The molecule has 0 aliphatic carbocycles.